The topological polar surface area (TPSA) is 87.5 Å². The molecule has 0 unspecified atom stereocenters. The van der Waals surface area contributed by atoms with Crippen LogP contribution in [0.15, 0.2) is 11.0 Å². The zero-order valence-corrected chi connectivity index (χ0v) is 9.36. The maximum absolute atomic E-state index is 11.8. The molecule has 2 aromatic heterocycles. The number of hydrogen-bond acceptors (Lipinski definition) is 3. The zero-order chi connectivity index (χ0) is 12.2. The van der Waals surface area contributed by atoms with Gasteiger partial charge in [-0.1, -0.05) is 0 Å². The molecular formula is C10H8ClN3O3. The molecule has 2 N–H and O–H groups in total. The lowest BCUT2D eigenvalue weighted by Gasteiger charge is -1.98. The molecule has 1 aliphatic carbocycles. The molecule has 0 amide bonds. The second kappa shape index (κ2) is 3.33. The van der Waals surface area contributed by atoms with Gasteiger partial charge >= 0.3 is 5.97 Å². The Labute approximate surface area is 99.8 Å². The van der Waals surface area contributed by atoms with Gasteiger partial charge < -0.3 is 5.11 Å². The van der Waals surface area contributed by atoms with Crippen molar-refractivity contribution in [2.24, 2.45) is 0 Å². The van der Waals surface area contributed by atoms with Crippen LogP contribution in [0.3, 0.4) is 0 Å². The highest BCUT2D eigenvalue weighted by Crippen LogP contribution is 2.43. The smallest absolute Gasteiger partial charge is 0.337 e. The van der Waals surface area contributed by atoms with Gasteiger partial charge in [0.15, 0.2) is 0 Å². The summed E-state index contributed by atoms with van der Waals surface area (Å²) in [4.78, 5) is 25.3. The third-order valence-electron chi connectivity index (χ3n) is 2.87. The van der Waals surface area contributed by atoms with Gasteiger partial charge in [0.1, 0.15) is 5.52 Å². The molecule has 0 spiro atoms. The second-order valence-electron chi connectivity index (χ2n) is 4.07. The van der Waals surface area contributed by atoms with Gasteiger partial charge in [0.2, 0.25) is 5.28 Å². The van der Waals surface area contributed by atoms with E-state index in [1.54, 1.807) is 0 Å². The molecule has 0 aliphatic heterocycles. The van der Waals surface area contributed by atoms with Gasteiger partial charge in [-0.05, 0) is 30.4 Å². The predicted octanol–water partition coefficient (Wildman–Crippen LogP) is 1.25. The van der Waals surface area contributed by atoms with Gasteiger partial charge in [0.05, 0.1) is 5.56 Å². The fraction of sp³-hybridized carbons (Fsp3) is 0.300. The molecule has 0 radical (unpaired) electrons. The van der Waals surface area contributed by atoms with Crippen LogP contribution in [0.4, 0.5) is 0 Å². The third-order valence-corrected chi connectivity index (χ3v) is 3.04. The maximum atomic E-state index is 11.8. The van der Waals surface area contributed by atoms with E-state index < -0.39 is 11.5 Å². The van der Waals surface area contributed by atoms with E-state index in [4.69, 9.17) is 16.7 Å². The van der Waals surface area contributed by atoms with E-state index in [-0.39, 0.29) is 22.3 Å². The van der Waals surface area contributed by atoms with Gasteiger partial charge in [0, 0.05) is 11.8 Å². The number of fused-ring (bicyclic) bond motifs is 1. The SMILES string of the molecule is O=C(O)c1cn2nc(Cl)[nH]c(=O)c2c1C1CC1. The fourth-order valence-corrected chi connectivity index (χ4v) is 2.21. The highest BCUT2D eigenvalue weighted by molar-refractivity contribution is 6.28. The average Bonchev–Trinajstić information content (AvgIpc) is 2.99. The van der Waals surface area contributed by atoms with Gasteiger partial charge in [0.25, 0.3) is 5.56 Å². The molecule has 17 heavy (non-hydrogen) atoms. The third kappa shape index (κ3) is 1.52. The van der Waals surface area contributed by atoms with Crippen molar-refractivity contribution in [2.75, 3.05) is 0 Å². The van der Waals surface area contributed by atoms with E-state index in [1.165, 1.54) is 10.7 Å². The Bertz CT molecular complexity index is 684. The molecule has 0 saturated heterocycles. The van der Waals surface area contributed by atoms with Crippen molar-refractivity contribution < 1.29 is 9.90 Å². The molecule has 0 bridgehead atoms. The van der Waals surface area contributed by atoms with Crippen LogP contribution in [0, 0.1) is 0 Å². The van der Waals surface area contributed by atoms with Crippen molar-refractivity contribution in [3.63, 3.8) is 0 Å². The van der Waals surface area contributed by atoms with Crippen LogP contribution in [-0.4, -0.2) is 25.7 Å². The minimum absolute atomic E-state index is 0.0585. The fourth-order valence-electron chi connectivity index (χ4n) is 2.04. The largest absolute Gasteiger partial charge is 0.478 e. The quantitative estimate of drug-likeness (QED) is 0.843. The van der Waals surface area contributed by atoms with E-state index in [2.05, 4.69) is 10.1 Å². The Morgan fingerprint density at radius 3 is 2.88 bits per heavy atom. The highest BCUT2D eigenvalue weighted by Gasteiger charge is 2.33. The van der Waals surface area contributed by atoms with E-state index in [0.29, 0.717) is 5.56 Å². The summed E-state index contributed by atoms with van der Waals surface area (Å²) >= 11 is 5.63. The summed E-state index contributed by atoms with van der Waals surface area (Å²) in [6.45, 7) is 0. The summed E-state index contributed by atoms with van der Waals surface area (Å²) in [5.74, 6) is -0.900. The number of aromatic amines is 1. The van der Waals surface area contributed by atoms with Crippen molar-refractivity contribution in [1.29, 1.82) is 0 Å². The molecule has 1 aliphatic rings. The number of carbonyl (C=O) groups is 1. The lowest BCUT2D eigenvalue weighted by Crippen LogP contribution is -2.13. The first-order valence-corrected chi connectivity index (χ1v) is 5.50. The maximum Gasteiger partial charge on any atom is 0.337 e. The first-order valence-electron chi connectivity index (χ1n) is 5.12. The Morgan fingerprint density at radius 1 is 1.59 bits per heavy atom. The number of nitrogens with one attached hydrogen (secondary N) is 1. The minimum atomic E-state index is -1.05. The second-order valence-corrected chi connectivity index (χ2v) is 4.43. The van der Waals surface area contributed by atoms with E-state index in [1.807, 2.05) is 0 Å². The van der Waals surface area contributed by atoms with Crippen LogP contribution in [0.2, 0.25) is 5.28 Å². The lowest BCUT2D eigenvalue weighted by molar-refractivity contribution is 0.0696. The normalized spacial score (nSPS) is 15.4. The minimum Gasteiger partial charge on any atom is -0.478 e. The summed E-state index contributed by atoms with van der Waals surface area (Å²) < 4.78 is 1.25. The first kappa shape index (κ1) is 10.3. The van der Waals surface area contributed by atoms with Gasteiger partial charge in [-0.15, -0.1) is 5.10 Å². The van der Waals surface area contributed by atoms with E-state index in [9.17, 15) is 9.59 Å². The predicted molar refractivity (Wildman–Crippen MR) is 59.8 cm³/mol. The summed E-state index contributed by atoms with van der Waals surface area (Å²) in [5, 5.41) is 12.9. The van der Waals surface area contributed by atoms with Crippen molar-refractivity contribution in [1.82, 2.24) is 14.6 Å². The number of aromatic nitrogens is 3. The molecule has 0 aromatic carbocycles. The van der Waals surface area contributed by atoms with Crippen LogP contribution in [0.25, 0.3) is 5.52 Å². The number of rotatable bonds is 2. The zero-order valence-electron chi connectivity index (χ0n) is 8.61. The van der Waals surface area contributed by atoms with Crippen molar-refractivity contribution in [3.05, 3.63) is 33.0 Å². The summed E-state index contributed by atoms with van der Waals surface area (Å²) in [7, 11) is 0. The van der Waals surface area contributed by atoms with Gasteiger partial charge in [-0.25, -0.2) is 9.31 Å². The van der Waals surface area contributed by atoms with Gasteiger partial charge in [-0.2, -0.15) is 0 Å². The number of carboxylic acid groups (broad SMARTS) is 1. The van der Waals surface area contributed by atoms with Crippen molar-refractivity contribution >= 4 is 23.1 Å². The number of hydrogen-bond donors (Lipinski definition) is 2. The molecule has 1 saturated carbocycles. The molecule has 88 valence electrons. The van der Waals surface area contributed by atoms with Crippen LogP contribution >= 0.6 is 11.6 Å². The van der Waals surface area contributed by atoms with Crippen molar-refractivity contribution in [3.8, 4) is 0 Å². The highest BCUT2D eigenvalue weighted by atomic mass is 35.5. The summed E-state index contributed by atoms with van der Waals surface area (Å²) in [6, 6.07) is 0. The van der Waals surface area contributed by atoms with E-state index in [0.717, 1.165) is 12.8 Å². The molecular weight excluding hydrogens is 246 g/mol. The van der Waals surface area contributed by atoms with Crippen LogP contribution < -0.4 is 5.56 Å². The number of halogens is 1. The Morgan fingerprint density at radius 2 is 2.29 bits per heavy atom. The number of nitrogens with zero attached hydrogens (tertiary/aromatic N) is 2. The Balaban J connectivity index is 2.43. The summed E-state index contributed by atoms with van der Waals surface area (Å²) in [6.07, 6.45) is 3.15. The van der Waals surface area contributed by atoms with Crippen LogP contribution in [0.5, 0.6) is 0 Å². The molecule has 7 heteroatoms. The van der Waals surface area contributed by atoms with Crippen molar-refractivity contribution in [2.45, 2.75) is 18.8 Å². The average molecular weight is 254 g/mol. The lowest BCUT2D eigenvalue weighted by atomic mass is 10.1. The standard InChI is InChI=1S/C10H8ClN3O3/c11-10-12-8(15)7-6(4-1-2-4)5(9(16)17)3-14(7)13-10/h3-4H,1-2H2,(H,16,17)(H,12,13,15). The number of aromatic carboxylic acids is 1. The molecule has 6 nitrogen and oxygen atoms in total. The summed E-state index contributed by atoms with van der Waals surface area (Å²) in [5.41, 5.74) is 0.587. The van der Waals surface area contributed by atoms with E-state index >= 15 is 0 Å². The first-order chi connectivity index (χ1) is 8.08. The molecule has 2 heterocycles. The molecule has 1 fully saturated rings. The number of H-pyrrole nitrogens is 1. The van der Waals surface area contributed by atoms with Crippen LogP contribution in [-0.2, 0) is 0 Å². The Hall–Kier alpha value is -1.82. The van der Waals surface area contributed by atoms with Gasteiger partial charge in [-0.3, -0.25) is 9.78 Å². The molecule has 2 aromatic rings. The monoisotopic (exact) mass is 253 g/mol. The Kier molecular flexibility index (Phi) is 2.03. The number of carboxylic acids is 1. The van der Waals surface area contributed by atoms with Crippen LogP contribution in [0.1, 0.15) is 34.7 Å². The molecule has 3 rings (SSSR count). The molecule has 0 atom stereocenters.